The number of hydrogen-bond donors (Lipinski definition) is 2. The average molecular weight is 184 g/mol. The van der Waals surface area contributed by atoms with Gasteiger partial charge in [-0.3, -0.25) is 14.9 Å². The van der Waals surface area contributed by atoms with Crippen LogP contribution in [0.25, 0.3) is 0 Å². The molecule has 0 aromatic carbocycles. The Morgan fingerprint density at radius 1 is 1.38 bits per heavy atom. The summed E-state index contributed by atoms with van der Waals surface area (Å²) in [6, 6.07) is 0. The van der Waals surface area contributed by atoms with Crippen molar-refractivity contribution in [2.45, 2.75) is 6.42 Å². The second-order valence-electron chi connectivity index (χ2n) is 2.64. The van der Waals surface area contributed by atoms with Crippen LogP contribution in [0.1, 0.15) is 6.42 Å². The van der Waals surface area contributed by atoms with Gasteiger partial charge >= 0.3 is 0 Å². The third kappa shape index (κ3) is 2.96. The van der Waals surface area contributed by atoms with E-state index in [1.54, 1.807) is 0 Å². The fraction of sp³-hybridized carbons (Fsp3) is 0.500. The maximum absolute atomic E-state index is 11.0. The number of ether oxygens (including phenoxy) is 1. The molecule has 0 fully saturated rings. The Labute approximate surface area is 75.9 Å². The molecule has 0 atom stereocenters. The van der Waals surface area contributed by atoms with Gasteiger partial charge in [0.2, 0.25) is 0 Å². The van der Waals surface area contributed by atoms with Crippen molar-refractivity contribution in [3.63, 3.8) is 0 Å². The summed E-state index contributed by atoms with van der Waals surface area (Å²) in [4.78, 5) is 21.7. The highest BCUT2D eigenvalue weighted by atomic mass is 16.5. The number of carbonyl (C=O) groups is 2. The molecule has 0 aromatic heterocycles. The molecule has 0 aliphatic carbocycles. The van der Waals surface area contributed by atoms with Gasteiger partial charge in [-0.25, -0.2) is 0 Å². The van der Waals surface area contributed by atoms with Crippen molar-refractivity contribution < 1.29 is 14.3 Å². The molecule has 0 saturated heterocycles. The van der Waals surface area contributed by atoms with Gasteiger partial charge in [-0.05, 0) is 0 Å². The lowest BCUT2D eigenvalue weighted by Crippen LogP contribution is -2.22. The summed E-state index contributed by atoms with van der Waals surface area (Å²) in [5.74, 6) is -0.667. The fourth-order valence-electron chi connectivity index (χ4n) is 1.01. The number of amides is 2. The van der Waals surface area contributed by atoms with Crippen LogP contribution in [0, 0.1) is 0 Å². The third-order valence-corrected chi connectivity index (χ3v) is 1.61. The molecule has 0 bridgehead atoms. The molecule has 0 spiro atoms. The van der Waals surface area contributed by atoms with Crippen molar-refractivity contribution in [2.24, 2.45) is 5.73 Å². The normalized spacial score (nSPS) is 15.9. The molecule has 5 heteroatoms. The zero-order valence-corrected chi connectivity index (χ0v) is 7.21. The highest BCUT2D eigenvalue weighted by Gasteiger charge is 2.19. The number of nitrogens with one attached hydrogen (secondary N) is 1. The minimum atomic E-state index is -0.348. The molecule has 5 nitrogen and oxygen atoms in total. The highest BCUT2D eigenvalue weighted by molar-refractivity contribution is 6.16. The van der Waals surface area contributed by atoms with Crippen molar-refractivity contribution in [1.82, 2.24) is 5.32 Å². The van der Waals surface area contributed by atoms with Gasteiger partial charge in [-0.2, -0.15) is 0 Å². The molecule has 1 aliphatic rings. The Morgan fingerprint density at radius 2 is 2.15 bits per heavy atom. The number of nitrogens with two attached hydrogens (primary N) is 1. The highest BCUT2D eigenvalue weighted by Crippen LogP contribution is 2.06. The first kappa shape index (κ1) is 9.88. The second kappa shape index (κ2) is 4.74. The summed E-state index contributed by atoms with van der Waals surface area (Å²) in [5.41, 5.74) is 5.67. The Morgan fingerprint density at radius 3 is 2.69 bits per heavy atom. The van der Waals surface area contributed by atoms with E-state index in [1.165, 1.54) is 6.08 Å². The van der Waals surface area contributed by atoms with Crippen LogP contribution in [0.5, 0.6) is 0 Å². The van der Waals surface area contributed by atoms with Gasteiger partial charge in [0, 0.05) is 24.6 Å². The van der Waals surface area contributed by atoms with Gasteiger partial charge in [0.15, 0.2) is 0 Å². The molecule has 13 heavy (non-hydrogen) atoms. The van der Waals surface area contributed by atoms with Gasteiger partial charge in [0.05, 0.1) is 13.2 Å². The van der Waals surface area contributed by atoms with Gasteiger partial charge < -0.3 is 10.5 Å². The minimum absolute atomic E-state index is 0.318. The quantitative estimate of drug-likeness (QED) is 0.421. The summed E-state index contributed by atoms with van der Waals surface area (Å²) in [5, 5.41) is 2.16. The SMILES string of the molecule is NCCOCCC1=CC(=O)NC1=O. The van der Waals surface area contributed by atoms with Crippen molar-refractivity contribution in [2.75, 3.05) is 19.8 Å². The van der Waals surface area contributed by atoms with Crippen LogP contribution in [-0.4, -0.2) is 31.6 Å². The maximum Gasteiger partial charge on any atom is 0.254 e. The fourth-order valence-corrected chi connectivity index (χ4v) is 1.01. The van der Waals surface area contributed by atoms with Crippen LogP contribution in [0.2, 0.25) is 0 Å². The van der Waals surface area contributed by atoms with Crippen molar-refractivity contribution in [3.8, 4) is 0 Å². The molecule has 1 rings (SSSR count). The van der Waals surface area contributed by atoms with E-state index in [1.807, 2.05) is 0 Å². The summed E-state index contributed by atoms with van der Waals surface area (Å²) < 4.78 is 5.07. The Balaban J connectivity index is 2.25. The molecule has 2 amide bonds. The monoisotopic (exact) mass is 184 g/mol. The lowest BCUT2D eigenvalue weighted by atomic mass is 10.2. The van der Waals surface area contributed by atoms with E-state index in [0.29, 0.717) is 31.8 Å². The first-order chi connectivity index (χ1) is 6.24. The number of hydrogen-bond acceptors (Lipinski definition) is 4. The lowest BCUT2D eigenvalue weighted by Gasteiger charge is -2.01. The summed E-state index contributed by atoms with van der Waals surface area (Å²) in [6.07, 6.45) is 1.76. The Hall–Kier alpha value is -1.20. The number of imide groups is 1. The Bertz CT molecular complexity index is 248. The van der Waals surface area contributed by atoms with E-state index >= 15 is 0 Å². The van der Waals surface area contributed by atoms with E-state index in [0.717, 1.165) is 0 Å². The molecule has 1 aliphatic heterocycles. The first-order valence-electron chi connectivity index (χ1n) is 4.07. The van der Waals surface area contributed by atoms with E-state index in [2.05, 4.69) is 5.32 Å². The van der Waals surface area contributed by atoms with Crippen molar-refractivity contribution in [3.05, 3.63) is 11.6 Å². The Kier molecular flexibility index (Phi) is 3.60. The minimum Gasteiger partial charge on any atom is -0.380 e. The smallest absolute Gasteiger partial charge is 0.254 e. The molecule has 3 N–H and O–H groups in total. The van der Waals surface area contributed by atoms with E-state index in [-0.39, 0.29) is 11.8 Å². The largest absolute Gasteiger partial charge is 0.380 e. The van der Waals surface area contributed by atoms with E-state index in [4.69, 9.17) is 10.5 Å². The van der Waals surface area contributed by atoms with Gasteiger partial charge in [-0.1, -0.05) is 0 Å². The summed E-state index contributed by atoms with van der Waals surface area (Å²) in [7, 11) is 0. The van der Waals surface area contributed by atoms with Crippen molar-refractivity contribution >= 4 is 11.8 Å². The van der Waals surface area contributed by atoms with Gasteiger partial charge in [0.1, 0.15) is 0 Å². The topological polar surface area (TPSA) is 81.4 Å². The maximum atomic E-state index is 11.0. The number of rotatable bonds is 5. The van der Waals surface area contributed by atoms with Gasteiger partial charge in [-0.15, -0.1) is 0 Å². The predicted octanol–water partition coefficient (Wildman–Crippen LogP) is -1.07. The van der Waals surface area contributed by atoms with Crippen LogP contribution in [-0.2, 0) is 14.3 Å². The molecule has 0 saturated carbocycles. The van der Waals surface area contributed by atoms with Crippen LogP contribution < -0.4 is 11.1 Å². The third-order valence-electron chi connectivity index (χ3n) is 1.61. The molecule has 0 aromatic rings. The molecular weight excluding hydrogens is 172 g/mol. The van der Waals surface area contributed by atoms with Crippen LogP contribution >= 0.6 is 0 Å². The van der Waals surface area contributed by atoms with E-state index in [9.17, 15) is 9.59 Å². The predicted molar refractivity (Wildman–Crippen MR) is 45.7 cm³/mol. The molecule has 1 heterocycles. The zero-order valence-electron chi connectivity index (χ0n) is 7.21. The zero-order chi connectivity index (χ0) is 9.68. The standard InChI is InChI=1S/C8H12N2O3/c9-2-4-13-3-1-6-5-7(11)10-8(6)12/h5H,1-4,9H2,(H,10,11,12). The van der Waals surface area contributed by atoms with E-state index < -0.39 is 0 Å². The molecule has 0 unspecified atom stereocenters. The van der Waals surface area contributed by atoms with Crippen LogP contribution in [0.15, 0.2) is 11.6 Å². The van der Waals surface area contributed by atoms with Gasteiger partial charge in [0.25, 0.3) is 11.8 Å². The average Bonchev–Trinajstić information content (AvgIpc) is 2.39. The lowest BCUT2D eigenvalue weighted by molar-refractivity contribution is -0.123. The molecular formula is C8H12N2O3. The first-order valence-corrected chi connectivity index (χ1v) is 4.07. The summed E-state index contributed by atoms with van der Waals surface area (Å²) in [6.45, 7) is 1.36. The second-order valence-corrected chi connectivity index (χ2v) is 2.64. The van der Waals surface area contributed by atoms with Crippen LogP contribution in [0.3, 0.4) is 0 Å². The van der Waals surface area contributed by atoms with Crippen molar-refractivity contribution in [1.29, 1.82) is 0 Å². The molecule has 72 valence electrons. The van der Waals surface area contributed by atoms with Crippen LogP contribution in [0.4, 0.5) is 0 Å². The summed E-state index contributed by atoms with van der Waals surface area (Å²) >= 11 is 0. The number of carbonyl (C=O) groups excluding carboxylic acids is 2. The molecule has 0 radical (unpaired) electrons.